The van der Waals surface area contributed by atoms with Gasteiger partial charge in [-0.05, 0) is 19.1 Å². The van der Waals surface area contributed by atoms with Crippen LogP contribution in [0.3, 0.4) is 0 Å². The van der Waals surface area contributed by atoms with E-state index in [2.05, 4.69) is 15.6 Å². The van der Waals surface area contributed by atoms with Crippen LogP contribution in [-0.2, 0) is 16.1 Å². The number of amides is 2. The molecule has 0 aliphatic rings. The van der Waals surface area contributed by atoms with Gasteiger partial charge in [-0.2, -0.15) is 0 Å². The zero-order valence-electron chi connectivity index (χ0n) is 12.1. The number of rotatable bonds is 5. The second-order valence-electron chi connectivity index (χ2n) is 4.49. The van der Waals surface area contributed by atoms with E-state index in [0.717, 1.165) is 0 Å². The average Bonchev–Trinajstić information content (AvgIpc) is 3.04. The molecule has 2 amide bonds. The zero-order chi connectivity index (χ0) is 15.4. The molecular formula is C13H17ClN4O3S. The van der Waals surface area contributed by atoms with Crippen LogP contribution in [-0.4, -0.2) is 22.8 Å². The van der Waals surface area contributed by atoms with Crippen molar-refractivity contribution >= 4 is 40.7 Å². The van der Waals surface area contributed by atoms with Gasteiger partial charge in [-0.3, -0.25) is 9.59 Å². The van der Waals surface area contributed by atoms with E-state index in [0.29, 0.717) is 28.9 Å². The summed E-state index contributed by atoms with van der Waals surface area (Å²) in [7, 11) is 0. The Bertz CT molecular complexity index is 653. The van der Waals surface area contributed by atoms with Gasteiger partial charge in [0.05, 0.1) is 12.6 Å². The van der Waals surface area contributed by atoms with E-state index < -0.39 is 6.04 Å². The maximum absolute atomic E-state index is 11.5. The number of hydrogen-bond donors (Lipinski definition) is 3. The van der Waals surface area contributed by atoms with Gasteiger partial charge in [0.25, 0.3) is 0 Å². The van der Waals surface area contributed by atoms with Gasteiger partial charge in [0.1, 0.15) is 11.5 Å². The number of anilines is 1. The van der Waals surface area contributed by atoms with Crippen LogP contribution in [0.15, 0.2) is 21.9 Å². The SMILES string of the molecule is CC(=O)NCc1ccc(-c2csc(NC(=O)[C@@H](C)N)n2)o1.Cl. The van der Waals surface area contributed by atoms with Crippen molar-refractivity contribution in [2.24, 2.45) is 5.73 Å². The normalized spacial score (nSPS) is 11.4. The number of aromatic nitrogens is 1. The lowest BCUT2D eigenvalue weighted by atomic mass is 10.3. The molecule has 2 aromatic heterocycles. The molecule has 0 aliphatic heterocycles. The van der Waals surface area contributed by atoms with Crippen LogP contribution in [0, 0.1) is 0 Å². The number of furan rings is 1. The van der Waals surface area contributed by atoms with Crippen molar-refractivity contribution in [3.63, 3.8) is 0 Å². The Morgan fingerprint density at radius 1 is 1.45 bits per heavy atom. The summed E-state index contributed by atoms with van der Waals surface area (Å²) in [5.74, 6) is 0.798. The molecule has 0 radical (unpaired) electrons. The van der Waals surface area contributed by atoms with Crippen molar-refractivity contribution in [2.45, 2.75) is 26.4 Å². The standard InChI is InChI=1S/C13H16N4O3S.ClH/c1-7(14)12(19)17-13-16-10(6-21-13)11-4-3-9(20-11)5-15-8(2)18;/h3-4,6-7H,5,14H2,1-2H3,(H,15,18)(H,16,17,19);1H/t7-;/m1./s1. The third-order valence-corrected chi connectivity index (χ3v) is 3.33. The summed E-state index contributed by atoms with van der Waals surface area (Å²) in [6, 6.07) is 2.94. The lowest BCUT2D eigenvalue weighted by molar-refractivity contribution is -0.119. The minimum Gasteiger partial charge on any atom is -0.458 e. The highest BCUT2D eigenvalue weighted by atomic mass is 35.5. The van der Waals surface area contributed by atoms with Gasteiger partial charge in [-0.1, -0.05) is 0 Å². The first-order valence-corrected chi connectivity index (χ1v) is 7.19. The largest absolute Gasteiger partial charge is 0.458 e. The number of carbonyl (C=O) groups is 2. The maximum Gasteiger partial charge on any atom is 0.242 e. The molecule has 9 heteroatoms. The predicted octanol–water partition coefficient (Wildman–Crippen LogP) is 1.75. The monoisotopic (exact) mass is 344 g/mol. The van der Waals surface area contributed by atoms with Crippen LogP contribution in [0.1, 0.15) is 19.6 Å². The molecule has 1 atom stereocenters. The lowest BCUT2D eigenvalue weighted by Gasteiger charge is -2.03. The van der Waals surface area contributed by atoms with E-state index >= 15 is 0 Å². The molecule has 0 saturated carbocycles. The quantitative estimate of drug-likeness (QED) is 0.765. The van der Waals surface area contributed by atoms with Crippen molar-refractivity contribution in [3.8, 4) is 11.5 Å². The van der Waals surface area contributed by atoms with Crippen LogP contribution >= 0.6 is 23.7 Å². The Morgan fingerprint density at radius 2 is 2.18 bits per heavy atom. The lowest BCUT2D eigenvalue weighted by Crippen LogP contribution is -2.32. The number of thiazole rings is 1. The molecule has 2 heterocycles. The van der Waals surface area contributed by atoms with E-state index in [4.69, 9.17) is 10.2 Å². The zero-order valence-corrected chi connectivity index (χ0v) is 13.7. The van der Waals surface area contributed by atoms with Crippen LogP contribution in [0.2, 0.25) is 0 Å². The van der Waals surface area contributed by atoms with Gasteiger partial charge in [-0.15, -0.1) is 23.7 Å². The summed E-state index contributed by atoms with van der Waals surface area (Å²) in [6.45, 7) is 3.37. The molecular weight excluding hydrogens is 328 g/mol. The topological polar surface area (TPSA) is 110 Å². The fourth-order valence-electron chi connectivity index (χ4n) is 1.49. The number of nitrogens with zero attached hydrogens (tertiary/aromatic N) is 1. The van der Waals surface area contributed by atoms with Crippen molar-refractivity contribution in [3.05, 3.63) is 23.3 Å². The highest BCUT2D eigenvalue weighted by Crippen LogP contribution is 2.26. The molecule has 7 nitrogen and oxygen atoms in total. The second-order valence-corrected chi connectivity index (χ2v) is 5.35. The molecule has 0 spiro atoms. The minimum atomic E-state index is -0.592. The molecule has 0 bridgehead atoms. The van der Waals surface area contributed by atoms with Crippen LogP contribution in [0.5, 0.6) is 0 Å². The Labute approximate surface area is 137 Å². The molecule has 0 aliphatic carbocycles. The van der Waals surface area contributed by atoms with E-state index in [1.807, 2.05) is 0 Å². The highest BCUT2D eigenvalue weighted by Gasteiger charge is 2.13. The summed E-state index contributed by atoms with van der Waals surface area (Å²) in [5, 5.41) is 7.51. The number of hydrogen-bond acceptors (Lipinski definition) is 6. The summed E-state index contributed by atoms with van der Waals surface area (Å²) in [5.41, 5.74) is 6.09. The van der Waals surface area contributed by atoms with Gasteiger partial charge >= 0.3 is 0 Å². The highest BCUT2D eigenvalue weighted by molar-refractivity contribution is 7.14. The van der Waals surface area contributed by atoms with Crippen molar-refractivity contribution < 1.29 is 14.0 Å². The van der Waals surface area contributed by atoms with Gasteiger partial charge in [0, 0.05) is 12.3 Å². The molecule has 2 aromatic rings. The Hall–Kier alpha value is -1.90. The molecule has 0 aromatic carbocycles. The predicted molar refractivity (Wildman–Crippen MR) is 86.9 cm³/mol. The third kappa shape index (κ3) is 4.83. The first kappa shape index (κ1) is 18.1. The first-order chi connectivity index (χ1) is 9.95. The first-order valence-electron chi connectivity index (χ1n) is 6.31. The van der Waals surface area contributed by atoms with Gasteiger partial charge in [0.2, 0.25) is 11.8 Å². The Morgan fingerprint density at radius 3 is 2.82 bits per heavy atom. The molecule has 2 rings (SSSR count). The van der Waals surface area contributed by atoms with Crippen LogP contribution in [0.25, 0.3) is 11.5 Å². The fraction of sp³-hybridized carbons (Fsp3) is 0.308. The fourth-order valence-corrected chi connectivity index (χ4v) is 2.19. The van der Waals surface area contributed by atoms with Gasteiger partial charge in [-0.25, -0.2) is 4.98 Å². The molecule has 120 valence electrons. The number of nitrogens with two attached hydrogens (primary N) is 1. The Balaban J connectivity index is 0.00000242. The summed E-state index contributed by atoms with van der Waals surface area (Å²) < 4.78 is 5.58. The Kier molecular flexibility index (Phi) is 6.54. The van der Waals surface area contributed by atoms with Crippen LogP contribution in [0.4, 0.5) is 5.13 Å². The molecule has 4 N–H and O–H groups in total. The van der Waals surface area contributed by atoms with Crippen molar-refractivity contribution in [2.75, 3.05) is 5.32 Å². The molecule has 0 unspecified atom stereocenters. The minimum absolute atomic E-state index is 0. The van der Waals surface area contributed by atoms with Gasteiger partial charge < -0.3 is 20.8 Å². The van der Waals surface area contributed by atoms with E-state index in [9.17, 15) is 9.59 Å². The smallest absolute Gasteiger partial charge is 0.242 e. The summed E-state index contributed by atoms with van der Waals surface area (Å²) in [6.07, 6.45) is 0. The van der Waals surface area contributed by atoms with Crippen LogP contribution < -0.4 is 16.4 Å². The number of nitrogens with one attached hydrogen (secondary N) is 2. The van der Waals surface area contributed by atoms with E-state index in [1.165, 1.54) is 18.3 Å². The number of carbonyl (C=O) groups excluding carboxylic acids is 2. The van der Waals surface area contributed by atoms with Crippen molar-refractivity contribution in [1.29, 1.82) is 0 Å². The molecule has 0 fully saturated rings. The molecule has 22 heavy (non-hydrogen) atoms. The number of halogens is 1. The summed E-state index contributed by atoms with van der Waals surface area (Å²) >= 11 is 1.29. The van der Waals surface area contributed by atoms with E-state index in [-0.39, 0.29) is 24.2 Å². The summed E-state index contributed by atoms with van der Waals surface area (Å²) in [4.78, 5) is 26.6. The third-order valence-electron chi connectivity index (χ3n) is 2.57. The average molecular weight is 345 g/mol. The maximum atomic E-state index is 11.5. The van der Waals surface area contributed by atoms with Crippen molar-refractivity contribution in [1.82, 2.24) is 10.3 Å². The second kappa shape index (κ2) is 7.92. The van der Waals surface area contributed by atoms with E-state index in [1.54, 1.807) is 24.4 Å². The van der Waals surface area contributed by atoms with Gasteiger partial charge in [0.15, 0.2) is 10.9 Å². The molecule has 0 saturated heterocycles.